The first kappa shape index (κ1) is 22.8. The fourth-order valence-corrected chi connectivity index (χ4v) is 5.07. The van der Waals surface area contributed by atoms with Crippen LogP contribution >= 0.6 is 23.4 Å². The molecule has 2 aromatic carbocycles. The van der Waals surface area contributed by atoms with E-state index >= 15 is 0 Å². The van der Waals surface area contributed by atoms with Gasteiger partial charge in [0.15, 0.2) is 11.0 Å². The topological polar surface area (TPSA) is 69.0 Å². The minimum Gasteiger partial charge on any atom is -0.385 e. The van der Waals surface area contributed by atoms with E-state index in [4.69, 9.17) is 16.3 Å². The summed E-state index contributed by atoms with van der Waals surface area (Å²) in [7, 11) is 1.69. The summed E-state index contributed by atoms with van der Waals surface area (Å²) in [6, 6.07) is 16.0. The van der Waals surface area contributed by atoms with Crippen molar-refractivity contribution >= 4 is 29.3 Å². The lowest BCUT2D eigenvalue weighted by molar-refractivity contribution is -0.119. The van der Waals surface area contributed by atoms with E-state index in [0.29, 0.717) is 29.2 Å². The molecule has 1 aromatic heterocycles. The Hall–Kier alpha value is -2.35. The number of carbonyl (C=O) groups excluding carboxylic acids is 1. The lowest BCUT2D eigenvalue weighted by Gasteiger charge is -2.26. The number of ether oxygens (including phenoxy) is 1. The molecule has 1 heterocycles. The average molecular weight is 471 g/mol. The fourth-order valence-electron chi connectivity index (χ4n) is 4.08. The summed E-state index contributed by atoms with van der Waals surface area (Å²) < 4.78 is 7.23. The van der Waals surface area contributed by atoms with Crippen LogP contribution in [-0.4, -0.2) is 40.1 Å². The number of hydrogen-bond acceptors (Lipinski definition) is 5. The number of nitrogens with one attached hydrogen (secondary N) is 1. The number of aromatic nitrogens is 3. The first-order valence-electron chi connectivity index (χ1n) is 10.8. The van der Waals surface area contributed by atoms with Gasteiger partial charge in [0, 0.05) is 25.8 Å². The van der Waals surface area contributed by atoms with Gasteiger partial charge in [-0.3, -0.25) is 4.79 Å². The van der Waals surface area contributed by atoms with E-state index in [1.54, 1.807) is 7.11 Å². The van der Waals surface area contributed by atoms with E-state index < -0.39 is 0 Å². The number of aryl methyl sites for hydroxylation is 1. The maximum Gasteiger partial charge on any atom is 0.230 e. The average Bonchev–Trinajstić information content (AvgIpc) is 3.21. The maximum absolute atomic E-state index is 12.8. The van der Waals surface area contributed by atoms with Gasteiger partial charge in [-0.1, -0.05) is 59.8 Å². The van der Waals surface area contributed by atoms with Crippen LogP contribution in [0.15, 0.2) is 53.7 Å². The molecule has 4 rings (SSSR count). The second kappa shape index (κ2) is 11.0. The number of halogens is 1. The minimum atomic E-state index is 0.00226. The summed E-state index contributed by atoms with van der Waals surface area (Å²) >= 11 is 7.80. The Kier molecular flexibility index (Phi) is 7.84. The van der Waals surface area contributed by atoms with E-state index in [0.717, 1.165) is 31.2 Å². The first-order chi connectivity index (χ1) is 15.7. The molecule has 0 radical (unpaired) electrons. The van der Waals surface area contributed by atoms with Gasteiger partial charge in [0.25, 0.3) is 0 Å². The third kappa shape index (κ3) is 5.34. The number of fused-ring (bicyclic) bond motifs is 1. The molecule has 3 aromatic rings. The molecule has 0 bridgehead atoms. The normalized spacial score (nSPS) is 15.4. The lowest BCUT2D eigenvalue weighted by atomic mass is 9.88. The molecule has 1 atom stereocenters. The molecule has 0 spiro atoms. The Morgan fingerprint density at radius 1 is 1.22 bits per heavy atom. The summed E-state index contributed by atoms with van der Waals surface area (Å²) in [5, 5.41) is 13.3. The van der Waals surface area contributed by atoms with E-state index in [1.807, 2.05) is 34.9 Å². The predicted molar refractivity (Wildman–Crippen MR) is 128 cm³/mol. The van der Waals surface area contributed by atoms with Crippen molar-refractivity contribution < 1.29 is 9.53 Å². The van der Waals surface area contributed by atoms with Gasteiger partial charge >= 0.3 is 0 Å². The Bertz CT molecular complexity index is 1070. The summed E-state index contributed by atoms with van der Waals surface area (Å²) in [4.78, 5) is 12.8. The number of methoxy groups -OCH3 is 1. The van der Waals surface area contributed by atoms with Crippen molar-refractivity contribution in [2.75, 3.05) is 19.5 Å². The largest absolute Gasteiger partial charge is 0.385 e. The van der Waals surface area contributed by atoms with Crippen LogP contribution < -0.4 is 5.32 Å². The predicted octanol–water partition coefficient (Wildman–Crippen LogP) is 4.92. The van der Waals surface area contributed by atoms with Crippen molar-refractivity contribution in [3.63, 3.8) is 0 Å². The van der Waals surface area contributed by atoms with Gasteiger partial charge in [0.2, 0.25) is 5.91 Å². The number of amides is 1. The summed E-state index contributed by atoms with van der Waals surface area (Å²) in [6.07, 6.45) is 3.94. The molecule has 8 heteroatoms. The number of carbonyl (C=O) groups is 1. The minimum absolute atomic E-state index is 0.00226. The van der Waals surface area contributed by atoms with Crippen LogP contribution in [0.1, 0.15) is 36.4 Å². The van der Waals surface area contributed by atoms with Gasteiger partial charge in [-0.25, -0.2) is 0 Å². The third-order valence-electron chi connectivity index (χ3n) is 5.60. The maximum atomic E-state index is 12.8. The molecule has 1 aliphatic rings. The van der Waals surface area contributed by atoms with Crippen molar-refractivity contribution in [3.8, 4) is 11.4 Å². The van der Waals surface area contributed by atoms with Crippen LogP contribution in [0, 0.1) is 0 Å². The van der Waals surface area contributed by atoms with Gasteiger partial charge in [-0.15, -0.1) is 10.2 Å². The van der Waals surface area contributed by atoms with Gasteiger partial charge in [-0.2, -0.15) is 0 Å². The van der Waals surface area contributed by atoms with E-state index in [1.165, 1.54) is 22.9 Å². The standard InChI is InChI=1S/C24H27ClN4O2S/c1-31-15-7-14-29-23(19-11-4-5-12-20(19)25)27-28-24(29)32-16-22(30)26-21-13-6-9-17-8-2-3-10-18(17)21/h2-5,8,10-12,21H,6-7,9,13-16H2,1H3,(H,26,30). The molecule has 168 valence electrons. The van der Waals surface area contributed by atoms with Crippen molar-refractivity contribution in [1.29, 1.82) is 0 Å². The highest BCUT2D eigenvalue weighted by Crippen LogP contribution is 2.31. The second-order valence-corrected chi connectivity index (χ2v) is 9.13. The molecule has 32 heavy (non-hydrogen) atoms. The number of hydrogen-bond donors (Lipinski definition) is 1. The first-order valence-corrected chi connectivity index (χ1v) is 12.2. The van der Waals surface area contributed by atoms with Gasteiger partial charge < -0.3 is 14.6 Å². The number of benzene rings is 2. The highest BCUT2D eigenvalue weighted by atomic mass is 35.5. The van der Waals surface area contributed by atoms with Crippen LogP contribution in [0.3, 0.4) is 0 Å². The Labute approximate surface area is 197 Å². The highest BCUT2D eigenvalue weighted by molar-refractivity contribution is 7.99. The highest BCUT2D eigenvalue weighted by Gasteiger charge is 2.22. The fraction of sp³-hybridized carbons (Fsp3) is 0.375. The Morgan fingerprint density at radius 2 is 2.03 bits per heavy atom. The molecule has 1 amide bonds. The van der Waals surface area contributed by atoms with Crippen LogP contribution in [0.4, 0.5) is 0 Å². The van der Waals surface area contributed by atoms with E-state index in [2.05, 4.69) is 33.7 Å². The van der Waals surface area contributed by atoms with Gasteiger partial charge in [-0.05, 0) is 48.9 Å². The third-order valence-corrected chi connectivity index (χ3v) is 6.90. The SMILES string of the molecule is COCCCn1c(SCC(=O)NC2CCCc3ccccc32)nnc1-c1ccccc1Cl. The summed E-state index contributed by atoms with van der Waals surface area (Å²) in [5.74, 6) is 0.988. The monoisotopic (exact) mass is 470 g/mol. The van der Waals surface area contributed by atoms with Crippen LogP contribution in [0.5, 0.6) is 0 Å². The molecule has 6 nitrogen and oxygen atoms in total. The summed E-state index contributed by atoms with van der Waals surface area (Å²) in [5.41, 5.74) is 3.40. The van der Waals surface area contributed by atoms with Gasteiger partial charge in [0.1, 0.15) is 0 Å². The molecule has 1 unspecified atom stereocenters. The molecule has 1 N–H and O–H groups in total. The Morgan fingerprint density at radius 3 is 2.88 bits per heavy atom. The Balaban J connectivity index is 1.46. The van der Waals surface area contributed by atoms with Crippen molar-refractivity contribution in [2.45, 2.75) is 43.4 Å². The molecule has 1 aliphatic carbocycles. The quantitative estimate of drug-likeness (QED) is 0.355. The lowest BCUT2D eigenvalue weighted by Crippen LogP contribution is -2.32. The second-order valence-electron chi connectivity index (χ2n) is 7.78. The van der Waals surface area contributed by atoms with Crippen molar-refractivity contribution in [2.24, 2.45) is 0 Å². The molecule has 0 aliphatic heterocycles. The zero-order valence-electron chi connectivity index (χ0n) is 18.1. The van der Waals surface area contributed by atoms with E-state index in [-0.39, 0.29) is 17.7 Å². The zero-order valence-corrected chi connectivity index (χ0v) is 19.7. The number of nitrogens with zero attached hydrogens (tertiary/aromatic N) is 3. The molecular weight excluding hydrogens is 444 g/mol. The van der Waals surface area contributed by atoms with Crippen LogP contribution in [-0.2, 0) is 22.5 Å². The number of rotatable bonds is 9. The van der Waals surface area contributed by atoms with Crippen LogP contribution in [0.2, 0.25) is 5.02 Å². The van der Waals surface area contributed by atoms with Crippen molar-refractivity contribution in [3.05, 3.63) is 64.7 Å². The zero-order chi connectivity index (χ0) is 22.3. The molecule has 0 fully saturated rings. The molecular formula is C24H27ClN4O2S. The summed E-state index contributed by atoms with van der Waals surface area (Å²) in [6.45, 7) is 1.31. The molecule has 0 saturated carbocycles. The van der Waals surface area contributed by atoms with Gasteiger partial charge in [0.05, 0.1) is 16.8 Å². The molecule has 0 saturated heterocycles. The van der Waals surface area contributed by atoms with E-state index in [9.17, 15) is 4.79 Å². The number of thioether (sulfide) groups is 1. The van der Waals surface area contributed by atoms with Crippen LogP contribution in [0.25, 0.3) is 11.4 Å². The smallest absolute Gasteiger partial charge is 0.230 e. The van der Waals surface area contributed by atoms with Crippen molar-refractivity contribution in [1.82, 2.24) is 20.1 Å².